The summed E-state index contributed by atoms with van der Waals surface area (Å²) in [6.45, 7) is 1.93. The highest BCUT2D eigenvalue weighted by atomic mass is 32.2. The fraction of sp³-hybridized carbons (Fsp3) is 0.125. The van der Waals surface area contributed by atoms with Crippen molar-refractivity contribution in [3.05, 3.63) is 62.4 Å². The Morgan fingerprint density at radius 3 is 2.64 bits per heavy atom. The fourth-order valence-electron chi connectivity index (χ4n) is 2.09. The van der Waals surface area contributed by atoms with Crippen LogP contribution < -0.4 is 0 Å². The highest BCUT2D eigenvalue weighted by molar-refractivity contribution is 8.18. The number of rotatable bonds is 3. The normalized spacial score (nSPS) is 16.8. The second kappa shape index (κ2) is 6.06. The Kier molecular flexibility index (Phi) is 4.13. The van der Waals surface area contributed by atoms with Gasteiger partial charge in [-0.25, -0.2) is 4.39 Å². The van der Waals surface area contributed by atoms with Crippen LogP contribution in [0.1, 0.15) is 15.3 Å². The van der Waals surface area contributed by atoms with Crippen LogP contribution in [0, 0.1) is 12.7 Å². The van der Waals surface area contributed by atoms with Crippen molar-refractivity contribution in [2.24, 2.45) is 0 Å². The molecule has 1 aromatic carbocycles. The van der Waals surface area contributed by atoms with Gasteiger partial charge in [-0.1, -0.05) is 18.2 Å². The molecule has 1 fully saturated rings. The maximum Gasteiger partial charge on any atom is 0.293 e. The SMILES string of the molecule is Cc1ccc(/C=C2\SC(=O)N(Cc3ccccc3F)C2=O)s1. The predicted molar refractivity (Wildman–Crippen MR) is 87.0 cm³/mol. The molecule has 1 saturated heterocycles. The van der Waals surface area contributed by atoms with E-state index >= 15 is 0 Å². The third-order valence-electron chi connectivity index (χ3n) is 3.19. The molecule has 2 heterocycles. The molecule has 3 nitrogen and oxygen atoms in total. The molecule has 0 unspecified atom stereocenters. The van der Waals surface area contributed by atoms with Gasteiger partial charge in [0.25, 0.3) is 11.1 Å². The predicted octanol–water partition coefficient (Wildman–Crippen LogP) is 4.43. The summed E-state index contributed by atoms with van der Waals surface area (Å²) in [5.41, 5.74) is 0.331. The quantitative estimate of drug-likeness (QED) is 0.780. The first-order valence-corrected chi connectivity index (χ1v) is 8.23. The van der Waals surface area contributed by atoms with Crippen LogP contribution in [-0.4, -0.2) is 16.0 Å². The minimum absolute atomic E-state index is 0.0435. The fourth-order valence-corrected chi connectivity index (χ4v) is 3.82. The van der Waals surface area contributed by atoms with Gasteiger partial charge in [0.2, 0.25) is 0 Å². The van der Waals surface area contributed by atoms with Gasteiger partial charge < -0.3 is 0 Å². The Labute approximate surface area is 135 Å². The van der Waals surface area contributed by atoms with E-state index in [2.05, 4.69) is 0 Å². The van der Waals surface area contributed by atoms with Gasteiger partial charge in [0, 0.05) is 15.3 Å². The summed E-state index contributed by atoms with van der Waals surface area (Å²) >= 11 is 2.45. The summed E-state index contributed by atoms with van der Waals surface area (Å²) in [6, 6.07) is 10.0. The van der Waals surface area contributed by atoms with Gasteiger partial charge in [0.05, 0.1) is 11.4 Å². The highest BCUT2D eigenvalue weighted by Crippen LogP contribution is 2.34. The zero-order valence-electron chi connectivity index (χ0n) is 11.7. The zero-order valence-corrected chi connectivity index (χ0v) is 13.3. The third kappa shape index (κ3) is 2.98. The van der Waals surface area contributed by atoms with Crippen molar-refractivity contribution in [2.45, 2.75) is 13.5 Å². The standard InChI is InChI=1S/C16H12FNO2S2/c1-10-6-7-12(21-10)8-14-15(19)18(16(20)22-14)9-11-4-2-3-5-13(11)17/h2-8H,9H2,1H3/b14-8-. The van der Waals surface area contributed by atoms with Crippen molar-refractivity contribution in [3.8, 4) is 0 Å². The van der Waals surface area contributed by atoms with Crippen LogP contribution in [0.3, 0.4) is 0 Å². The molecule has 0 atom stereocenters. The van der Waals surface area contributed by atoms with Crippen molar-refractivity contribution in [1.82, 2.24) is 4.90 Å². The summed E-state index contributed by atoms with van der Waals surface area (Å²) in [5, 5.41) is -0.368. The van der Waals surface area contributed by atoms with Crippen molar-refractivity contribution in [2.75, 3.05) is 0 Å². The van der Waals surface area contributed by atoms with Gasteiger partial charge in [0.1, 0.15) is 5.82 Å². The lowest BCUT2D eigenvalue weighted by Gasteiger charge is -2.12. The number of thioether (sulfide) groups is 1. The van der Waals surface area contributed by atoms with E-state index in [1.807, 2.05) is 19.1 Å². The number of carbonyl (C=O) groups is 2. The number of benzene rings is 1. The van der Waals surface area contributed by atoms with E-state index in [9.17, 15) is 14.0 Å². The molecule has 22 heavy (non-hydrogen) atoms. The number of thiophene rings is 1. The molecule has 0 bridgehead atoms. The van der Waals surface area contributed by atoms with Crippen molar-refractivity contribution < 1.29 is 14.0 Å². The molecule has 2 aromatic rings. The van der Waals surface area contributed by atoms with E-state index in [1.54, 1.807) is 35.6 Å². The molecule has 0 aliphatic carbocycles. The van der Waals surface area contributed by atoms with E-state index in [-0.39, 0.29) is 17.7 Å². The van der Waals surface area contributed by atoms with Crippen LogP contribution in [0.15, 0.2) is 41.3 Å². The van der Waals surface area contributed by atoms with Crippen LogP contribution in [-0.2, 0) is 11.3 Å². The Morgan fingerprint density at radius 2 is 1.95 bits per heavy atom. The number of nitrogens with zero attached hydrogens (tertiary/aromatic N) is 1. The number of aryl methyl sites for hydroxylation is 1. The Hall–Kier alpha value is -1.92. The van der Waals surface area contributed by atoms with Gasteiger partial charge in [0.15, 0.2) is 0 Å². The van der Waals surface area contributed by atoms with E-state index < -0.39 is 5.82 Å². The van der Waals surface area contributed by atoms with E-state index in [4.69, 9.17) is 0 Å². The van der Waals surface area contributed by atoms with Crippen molar-refractivity contribution in [1.29, 1.82) is 0 Å². The monoisotopic (exact) mass is 333 g/mol. The maximum atomic E-state index is 13.7. The lowest BCUT2D eigenvalue weighted by molar-refractivity contribution is -0.123. The van der Waals surface area contributed by atoms with Gasteiger partial charge in [-0.2, -0.15) is 0 Å². The Bertz CT molecular complexity index is 782. The summed E-state index contributed by atoms with van der Waals surface area (Å²) < 4.78 is 13.7. The number of imide groups is 1. The van der Waals surface area contributed by atoms with Crippen LogP contribution in [0.2, 0.25) is 0 Å². The molecule has 0 N–H and O–H groups in total. The minimum atomic E-state index is -0.417. The van der Waals surface area contributed by atoms with Gasteiger partial charge in [-0.05, 0) is 43.0 Å². The number of carbonyl (C=O) groups excluding carboxylic acids is 2. The first-order valence-electron chi connectivity index (χ1n) is 6.60. The average Bonchev–Trinajstić information content (AvgIpc) is 3.00. The van der Waals surface area contributed by atoms with Crippen molar-refractivity contribution >= 4 is 40.3 Å². The molecule has 1 aromatic heterocycles. The highest BCUT2D eigenvalue weighted by Gasteiger charge is 2.35. The molecular weight excluding hydrogens is 321 g/mol. The lowest BCUT2D eigenvalue weighted by atomic mass is 10.2. The second-order valence-electron chi connectivity index (χ2n) is 4.81. The Balaban J connectivity index is 1.83. The molecule has 0 spiro atoms. The molecule has 1 aliphatic heterocycles. The minimum Gasteiger partial charge on any atom is -0.268 e. The van der Waals surface area contributed by atoms with Gasteiger partial charge >= 0.3 is 0 Å². The van der Waals surface area contributed by atoms with Gasteiger partial charge in [-0.3, -0.25) is 14.5 Å². The summed E-state index contributed by atoms with van der Waals surface area (Å²) in [7, 11) is 0. The molecule has 0 saturated carbocycles. The first-order chi connectivity index (χ1) is 10.5. The largest absolute Gasteiger partial charge is 0.293 e. The molecule has 6 heteroatoms. The zero-order chi connectivity index (χ0) is 15.7. The van der Waals surface area contributed by atoms with E-state index in [0.29, 0.717) is 10.5 Å². The number of halogens is 1. The number of hydrogen-bond acceptors (Lipinski definition) is 4. The molecule has 2 amide bonds. The maximum absolute atomic E-state index is 13.7. The van der Waals surface area contributed by atoms with Crippen LogP contribution >= 0.6 is 23.1 Å². The van der Waals surface area contributed by atoms with Crippen LogP contribution in [0.5, 0.6) is 0 Å². The molecule has 112 valence electrons. The number of amides is 2. The second-order valence-corrected chi connectivity index (χ2v) is 7.12. The van der Waals surface area contributed by atoms with Crippen LogP contribution in [0.4, 0.5) is 9.18 Å². The topological polar surface area (TPSA) is 37.4 Å². The molecule has 1 aliphatic rings. The number of hydrogen-bond donors (Lipinski definition) is 0. The van der Waals surface area contributed by atoms with E-state index in [1.165, 1.54) is 6.07 Å². The van der Waals surface area contributed by atoms with Gasteiger partial charge in [-0.15, -0.1) is 11.3 Å². The summed E-state index contributed by atoms with van der Waals surface area (Å²) in [5.74, 6) is -0.788. The lowest BCUT2D eigenvalue weighted by Crippen LogP contribution is -2.27. The third-order valence-corrected chi connectivity index (χ3v) is 5.05. The summed E-state index contributed by atoms with van der Waals surface area (Å²) in [6.07, 6.45) is 1.71. The average molecular weight is 333 g/mol. The molecule has 0 radical (unpaired) electrons. The summed E-state index contributed by atoms with van der Waals surface area (Å²) in [4.78, 5) is 27.9. The Morgan fingerprint density at radius 1 is 1.18 bits per heavy atom. The van der Waals surface area contributed by atoms with Crippen LogP contribution in [0.25, 0.3) is 6.08 Å². The molecular formula is C16H12FNO2S2. The van der Waals surface area contributed by atoms with Crippen molar-refractivity contribution in [3.63, 3.8) is 0 Å². The van der Waals surface area contributed by atoms with E-state index in [0.717, 1.165) is 26.4 Å². The smallest absolute Gasteiger partial charge is 0.268 e. The first kappa shape index (κ1) is 15.0. The molecule has 3 rings (SSSR count).